The minimum absolute atomic E-state index is 0.0682. The summed E-state index contributed by atoms with van der Waals surface area (Å²) >= 11 is 0. The normalized spacial score (nSPS) is 19.2. The van der Waals surface area contributed by atoms with Crippen molar-refractivity contribution in [2.24, 2.45) is 10.3 Å². The van der Waals surface area contributed by atoms with Crippen LogP contribution in [0.15, 0.2) is 57.6 Å². The van der Waals surface area contributed by atoms with Gasteiger partial charge in [0.1, 0.15) is 17.4 Å². The van der Waals surface area contributed by atoms with Crippen LogP contribution in [0, 0.1) is 0 Å². The van der Waals surface area contributed by atoms with E-state index >= 15 is 0 Å². The van der Waals surface area contributed by atoms with Crippen molar-refractivity contribution in [3.8, 4) is 0 Å². The maximum Gasteiger partial charge on any atom is 0.179 e. The maximum atomic E-state index is 13.7. The zero-order valence-electron chi connectivity index (χ0n) is 10.4. The van der Waals surface area contributed by atoms with Crippen molar-refractivity contribution in [1.29, 1.82) is 0 Å². The standard InChI is InChI=1S/C13H13F2N3O/c1-9(19)13-5-6-18(17-16-13)8-10-7-11(14)3-2-4-12(10)15/h2-3,5,7H,4,6,8H2,1H3. The van der Waals surface area contributed by atoms with Crippen molar-refractivity contribution < 1.29 is 13.6 Å². The van der Waals surface area contributed by atoms with Crippen molar-refractivity contribution in [1.82, 2.24) is 5.01 Å². The Labute approximate surface area is 109 Å². The van der Waals surface area contributed by atoms with Crippen LogP contribution in [-0.2, 0) is 4.79 Å². The molecule has 0 amide bonds. The molecule has 0 aromatic rings. The Bertz CT molecular complexity index is 544. The second-order valence-corrected chi connectivity index (χ2v) is 4.25. The van der Waals surface area contributed by atoms with E-state index in [4.69, 9.17) is 0 Å². The molecule has 0 spiro atoms. The Morgan fingerprint density at radius 3 is 2.89 bits per heavy atom. The predicted octanol–water partition coefficient (Wildman–Crippen LogP) is 3.18. The lowest BCUT2D eigenvalue weighted by atomic mass is 10.2. The van der Waals surface area contributed by atoms with Crippen LogP contribution < -0.4 is 0 Å². The number of allylic oxidation sites excluding steroid dienone is 5. The van der Waals surface area contributed by atoms with E-state index in [0.29, 0.717) is 6.54 Å². The number of nitrogens with zero attached hydrogens (tertiary/aromatic N) is 3. The molecule has 1 aliphatic carbocycles. The van der Waals surface area contributed by atoms with Crippen LogP contribution in [0.25, 0.3) is 0 Å². The number of Topliss-reactive ketones (excluding diaryl/α,β-unsaturated/α-hetero) is 1. The Balaban J connectivity index is 2.06. The lowest BCUT2D eigenvalue weighted by Crippen LogP contribution is -2.23. The van der Waals surface area contributed by atoms with Crippen molar-refractivity contribution >= 4 is 5.78 Å². The number of carbonyl (C=O) groups excluding carboxylic acids is 1. The lowest BCUT2D eigenvalue weighted by Gasteiger charge is -2.19. The molecule has 100 valence electrons. The first-order valence-electron chi connectivity index (χ1n) is 5.85. The van der Waals surface area contributed by atoms with Gasteiger partial charge in [0.05, 0.1) is 13.1 Å². The van der Waals surface area contributed by atoms with Crippen LogP contribution in [0.1, 0.15) is 13.3 Å². The van der Waals surface area contributed by atoms with E-state index in [9.17, 15) is 13.6 Å². The van der Waals surface area contributed by atoms with Gasteiger partial charge in [0, 0.05) is 18.9 Å². The van der Waals surface area contributed by atoms with Gasteiger partial charge in [-0.05, 0) is 18.2 Å². The molecule has 0 aromatic heterocycles. The molecule has 4 nitrogen and oxygen atoms in total. The van der Waals surface area contributed by atoms with Gasteiger partial charge in [-0.1, -0.05) is 11.3 Å². The van der Waals surface area contributed by atoms with Crippen LogP contribution in [0.4, 0.5) is 8.78 Å². The van der Waals surface area contributed by atoms with Gasteiger partial charge in [-0.3, -0.25) is 9.80 Å². The molecule has 0 fully saturated rings. The molecule has 19 heavy (non-hydrogen) atoms. The molecule has 1 aliphatic heterocycles. The first-order valence-corrected chi connectivity index (χ1v) is 5.85. The number of hydrogen-bond acceptors (Lipinski definition) is 4. The van der Waals surface area contributed by atoms with Crippen molar-refractivity contribution in [2.75, 3.05) is 13.1 Å². The maximum absolute atomic E-state index is 13.7. The van der Waals surface area contributed by atoms with E-state index in [0.717, 1.165) is 6.08 Å². The van der Waals surface area contributed by atoms with Crippen LogP contribution in [-0.4, -0.2) is 23.9 Å². The SMILES string of the molecule is CC(=O)C1=CCN(CC2=C(F)CC=CC(F)=C2)N=N1. The monoisotopic (exact) mass is 265 g/mol. The minimum Gasteiger partial charge on any atom is -0.293 e. The third-order valence-electron chi connectivity index (χ3n) is 2.72. The van der Waals surface area contributed by atoms with Gasteiger partial charge in [0.25, 0.3) is 0 Å². The molecule has 2 rings (SSSR count). The highest BCUT2D eigenvalue weighted by molar-refractivity contribution is 5.92. The Morgan fingerprint density at radius 2 is 2.26 bits per heavy atom. The van der Waals surface area contributed by atoms with Crippen molar-refractivity contribution in [3.63, 3.8) is 0 Å². The topological polar surface area (TPSA) is 45.0 Å². The second-order valence-electron chi connectivity index (χ2n) is 4.25. The molecule has 0 atom stereocenters. The molecule has 0 aromatic carbocycles. The summed E-state index contributed by atoms with van der Waals surface area (Å²) in [5.41, 5.74) is 0.524. The average molecular weight is 265 g/mol. The number of carbonyl (C=O) groups is 1. The van der Waals surface area contributed by atoms with E-state index < -0.39 is 5.83 Å². The van der Waals surface area contributed by atoms with Crippen molar-refractivity contribution in [2.45, 2.75) is 13.3 Å². The molecule has 0 bridgehead atoms. The van der Waals surface area contributed by atoms with Crippen LogP contribution >= 0.6 is 0 Å². The van der Waals surface area contributed by atoms with Gasteiger partial charge in [-0.2, -0.15) is 0 Å². The molecule has 1 heterocycles. The van der Waals surface area contributed by atoms with Crippen molar-refractivity contribution in [3.05, 3.63) is 47.2 Å². The fraction of sp³-hybridized carbons (Fsp3) is 0.308. The Kier molecular flexibility index (Phi) is 3.99. The molecule has 0 unspecified atom stereocenters. The van der Waals surface area contributed by atoms with E-state index in [2.05, 4.69) is 10.3 Å². The molecule has 0 radical (unpaired) electrons. The number of ketones is 1. The van der Waals surface area contributed by atoms with E-state index in [1.165, 1.54) is 24.1 Å². The highest BCUT2D eigenvalue weighted by Gasteiger charge is 2.15. The third kappa shape index (κ3) is 3.43. The Hall–Kier alpha value is -2.11. The highest BCUT2D eigenvalue weighted by atomic mass is 19.1. The summed E-state index contributed by atoms with van der Waals surface area (Å²) in [7, 11) is 0. The molecular formula is C13H13F2N3O. The second kappa shape index (κ2) is 5.69. The average Bonchev–Trinajstić information content (AvgIpc) is 2.52. The first kappa shape index (κ1) is 13.3. The summed E-state index contributed by atoms with van der Waals surface area (Å²) in [5, 5.41) is 9.01. The summed E-state index contributed by atoms with van der Waals surface area (Å²) in [6, 6.07) is 0. The summed E-state index contributed by atoms with van der Waals surface area (Å²) in [6.45, 7) is 1.86. The van der Waals surface area contributed by atoms with Gasteiger partial charge in [-0.25, -0.2) is 8.78 Å². The zero-order chi connectivity index (χ0) is 13.8. The molecular weight excluding hydrogens is 252 g/mol. The van der Waals surface area contributed by atoms with Gasteiger partial charge < -0.3 is 0 Å². The van der Waals surface area contributed by atoms with Gasteiger partial charge in [-0.15, -0.1) is 5.11 Å². The predicted molar refractivity (Wildman–Crippen MR) is 66.3 cm³/mol. The Morgan fingerprint density at radius 1 is 1.47 bits per heavy atom. The fourth-order valence-corrected chi connectivity index (χ4v) is 1.72. The van der Waals surface area contributed by atoms with Gasteiger partial charge >= 0.3 is 0 Å². The van der Waals surface area contributed by atoms with Gasteiger partial charge in [0.15, 0.2) is 5.78 Å². The van der Waals surface area contributed by atoms with Gasteiger partial charge in [0.2, 0.25) is 0 Å². The summed E-state index contributed by atoms with van der Waals surface area (Å²) in [5.74, 6) is -1.05. The first-order chi connectivity index (χ1) is 9.06. The summed E-state index contributed by atoms with van der Waals surface area (Å²) in [6.07, 6.45) is 5.50. The van der Waals surface area contributed by atoms with E-state index in [1.54, 1.807) is 6.08 Å². The molecule has 0 N–H and O–H groups in total. The quantitative estimate of drug-likeness (QED) is 0.786. The smallest absolute Gasteiger partial charge is 0.179 e. The highest BCUT2D eigenvalue weighted by Crippen LogP contribution is 2.22. The van der Waals surface area contributed by atoms with Crippen LogP contribution in [0.3, 0.4) is 0 Å². The lowest BCUT2D eigenvalue weighted by molar-refractivity contribution is -0.113. The molecule has 0 saturated carbocycles. The fourth-order valence-electron chi connectivity index (χ4n) is 1.72. The number of hydrogen-bond donors (Lipinski definition) is 0. The van der Waals surface area contributed by atoms with E-state index in [-0.39, 0.29) is 35.8 Å². The third-order valence-corrected chi connectivity index (χ3v) is 2.72. The van der Waals surface area contributed by atoms with Crippen LogP contribution in [0.5, 0.6) is 0 Å². The minimum atomic E-state index is -0.489. The van der Waals surface area contributed by atoms with E-state index in [1.807, 2.05) is 0 Å². The molecule has 0 saturated heterocycles. The largest absolute Gasteiger partial charge is 0.293 e. The molecule has 2 aliphatic rings. The number of halogens is 2. The van der Waals surface area contributed by atoms with Crippen LogP contribution in [0.2, 0.25) is 0 Å². The zero-order valence-corrected chi connectivity index (χ0v) is 10.4. The summed E-state index contributed by atoms with van der Waals surface area (Å²) in [4.78, 5) is 11.1. The number of rotatable bonds is 3. The molecule has 6 heteroatoms. The summed E-state index contributed by atoms with van der Waals surface area (Å²) < 4.78 is 26.9.